The molecule has 0 aliphatic heterocycles. The molecule has 1 atom stereocenters. The third-order valence-corrected chi connectivity index (χ3v) is 2.84. The first-order valence-electron chi connectivity index (χ1n) is 5.59. The van der Waals surface area contributed by atoms with Gasteiger partial charge < -0.3 is 9.84 Å². The summed E-state index contributed by atoms with van der Waals surface area (Å²) in [7, 11) is 0. The van der Waals surface area contributed by atoms with Gasteiger partial charge in [-0.3, -0.25) is 14.4 Å². The molecule has 0 saturated heterocycles. The molecule has 0 fully saturated rings. The number of benzene rings is 1. The van der Waals surface area contributed by atoms with E-state index in [1.807, 2.05) is 0 Å². The van der Waals surface area contributed by atoms with E-state index in [0.717, 1.165) is 6.07 Å². The van der Waals surface area contributed by atoms with Crippen LogP contribution in [0.25, 0.3) is 0 Å². The number of hydrogen-bond donors (Lipinski definition) is 1. The van der Waals surface area contributed by atoms with E-state index < -0.39 is 29.4 Å². The fraction of sp³-hybridized carbons (Fsp3) is 0.231. The van der Waals surface area contributed by atoms with Gasteiger partial charge in [-0.2, -0.15) is 0 Å². The Morgan fingerprint density at radius 1 is 1.21 bits per heavy atom. The number of ether oxygens (including phenoxy) is 1. The number of carbonyl (C=O) groups is 4. The molecule has 0 saturated carbocycles. The van der Waals surface area contributed by atoms with Crippen LogP contribution in [0.3, 0.4) is 0 Å². The van der Waals surface area contributed by atoms with Crippen molar-refractivity contribution in [3.8, 4) is 0 Å². The van der Waals surface area contributed by atoms with Crippen LogP contribution >= 0.6 is 0 Å². The van der Waals surface area contributed by atoms with Crippen molar-refractivity contribution in [3.63, 3.8) is 0 Å². The van der Waals surface area contributed by atoms with E-state index in [1.54, 1.807) is 6.92 Å². The molecule has 0 radical (unpaired) electrons. The Kier molecular flexibility index (Phi) is 3.16. The van der Waals surface area contributed by atoms with Gasteiger partial charge in [0.15, 0.2) is 17.5 Å². The van der Waals surface area contributed by atoms with Gasteiger partial charge in [-0.1, -0.05) is 0 Å². The minimum absolute atomic E-state index is 0.0389. The zero-order valence-electron chi connectivity index (χ0n) is 10.0. The van der Waals surface area contributed by atoms with Crippen molar-refractivity contribution in [3.05, 3.63) is 34.9 Å². The molecule has 1 aliphatic carbocycles. The van der Waals surface area contributed by atoms with Crippen molar-refractivity contribution in [2.24, 2.45) is 5.92 Å². The summed E-state index contributed by atoms with van der Waals surface area (Å²) in [4.78, 5) is 46.3. The van der Waals surface area contributed by atoms with Crippen LogP contribution in [0.1, 0.15) is 38.0 Å². The zero-order chi connectivity index (χ0) is 14.2. The van der Waals surface area contributed by atoms with Crippen LogP contribution in [0.4, 0.5) is 0 Å². The molecule has 0 spiro atoms. The number of carbonyl (C=O) groups excluding carboxylic acids is 3. The highest BCUT2D eigenvalue weighted by molar-refractivity contribution is 6.34. The summed E-state index contributed by atoms with van der Waals surface area (Å²) in [5.41, 5.74) is -0.0829. The first kappa shape index (κ1) is 12.9. The molecule has 98 valence electrons. The van der Waals surface area contributed by atoms with Crippen LogP contribution in [0, 0.1) is 5.92 Å². The van der Waals surface area contributed by atoms with Crippen molar-refractivity contribution in [2.75, 3.05) is 6.61 Å². The number of aromatic carboxylic acids is 1. The van der Waals surface area contributed by atoms with Crippen molar-refractivity contribution >= 4 is 23.5 Å². The summed E-state index contributed by atoms with van der Waals surface area (Å²) in [6.45, 7) is 1.63. The monoisotopic (exact) mass is 262 g/mol. The number of hydrogen-bond acceptors (Lipinski definition) is 5. The third-order valence-electron chi connectivity index (χ3n) is 2.84. The predicted octanol–water partition coefficient (Wildman–Crippen LogP) is 0.943. The highest BCUT2D eigenvalue weighted by Gasteiger charge is 2.44. The topological polar surface area (TPSA) is 97.7 Å². The van der Waals surface area contributed by atoms with Gasteiger partial charge in [-0.25, -0.2) is 4.79 Å². The number of ketones is 2. The largest absolute Gasteiger partial charge is 0.478 e. The van der Waals surface area contributed by atoms with Gasteiger partial charge in [0.1, 0.15) is 0 Å². The second-order valence-corrected chi connectivity index (χ2v) is 3.98. The van der Waals surface area contributed by atoms with E-state index in [1.165, 1.54) is 12.1 Å². The molecule has 1 aromatic rings. The van der Waals surface area contributed by atoms with E-state index in [2.05, 4.69) is 4.74 Å². The molecule has 0 heterocycles. The van der Waals surface area contributed by atoms with Gasteiger partial charge >= 0.3 is 11.9 Å². The molecular formula is C13H10O6. The first-order chi connectivity index (χ1) is 8.97. The normalized spacial score (nSPS) is 17.2. The van der Waals surface area contributed by atoms with Crippen LogP contribution < -0.4 is 0 Å². The number of fused-ring (bicyclic) bond motifs is 1. The lowest BCUT2D eigenvalue weighted by Crippen LogP contribution is -2.27. The fourth-order valence-electron chi connectivity index (χ4n) is 1.97. The number of Topliss-reactive ketones (excluding diaryl/α,β-unsaturated/α-hetero) is 2. The summed E-state index contributed by atoms with van der Waals surface area (Å²) in [5.74, 6) is -4.95. The average molecular weight is 262 g/mol. The van der Waals surface area contributed by atoms with E-state index in [4.69, 9.17) is 5.11 Å². The summed E-state index contributed by atoms with van der Waals surface area (Å²) in [5, 5.41) is 8.84. The van der Waals surface area contributed by atoms with Gasteiger partial charge in [0.25, 0.3) is 0 Å². The molecule has 0 bridgehead atoms. The number of carboxylic acids is 1. The minimum Gasteiger partial charge on any atom is -0.478 e. The standard InChI is InChI=1S/C13H10O6/c1-2-19-13(18)9-10(14)7-4-3-6(12(16)17)5-8(7)11(9)15/h3-5,9H,2H2,1H3,(H,16,17). The Bertz CT molecular complexity index is 601. The first-order valence-corrected chi connectivity index (χ1v) is 5.59. The van der Waals surface area contributed by atoms with Gasteiger partial charge in [0, 0.05) is 11.1 Å². The Hall–Kier alpha value is -2.50. The maximum absolute atomic E-state index is 12.0. The summed E-state index contributed by atoms with van der Waals surface area (Å²) >= 11 is 0. The third kappa shape index (κ3) is 2.01. The number of carboxylic acid groups (broad SMARTS) is 1. The smallest absolute Gasteiger partial charge is 0.335 e. The molecule has 1 unspecified atom stereocenters. The van der Waals surface area contributed by atoms with Gasteiger partial charge in [0.2, 0.25) is 0 Å². The van der Waals surface area contributed by atoms with Gasteiger partial charge in [-0.05, 0) is 25.1 Å². The Balaban J connectivity index is 2.44. The predicted molar refractivity (Wildman–Crippen MR) is 62.2 cm³/mol. The van der Waals surface area contributed by atoms with Crippen molar-refractivity contribution < 1.29 is 29.0 Å². The second-order valence-electron chi connectivity index (χ2n) is 3.98. The molecule has 6 nitrogen and oxygen atoms in total. The number of esters is 1. The molecule has 0 aromatic heterocycles. The average Bonchev–Trinajstić information content (AvgIpc) is 2.62. The highest BCUT2D eigenvalue weighted by atomic mass is 16.5. The molecule has 1 aliphatic rings. The van der Waals surface area contributed by atoms with Crippen LogP contribution in [0.15, 0.2) is 18.2 Å². The highest BCUT2D eigenvalue weighted by Crippen LogP contribution is 2.28. The Morgan fingerprint density at radius 3 is 2.42 bits per heavy atom. The molecule has 0 amide bonds. The van der Waals surface area contributed by atoms with E-state index in [-0.39, 0.29) is 23.3 Å². The van der Waals surface area contributed by atoms with Crippen LogP contribution in [-0.4, -0.2) is 35.2 Å². The maximum atomic E-state index is 12.0. The lowest BCUT2D eigenvalue weighted by molar-refractivity contribution is -0.144. The summed E-state index contributed by atoms with van der Waals surface area (Å²) in [6.07, 6.45) is 0. The molecule has 6 heteroatoms. The van der Waals surface area contributed by atoms with Crippen LogP contribution in [0.5, 0.6) is 0 Å². The molecular weight excluding hydrogens is 252 g/mol. The summed E-state index contributed by atoms with van der Waals surface area (Å²) in [6, 6.07) is 3.58. The lowest BCUT2D eigenvalue weighted by atomic mass is 10.0. The van der Waals surface area contributed by atoms with Crippen molar-refractivity contribution in [2.45, 2.75) is 6.92 Å². The van der Waals surface area contributed by atoms with E-state index >= 15 is 0 Å². The van der Waals surface area contributed by atoms with E-state index in [0.29, 0.717) is 0 Å². The Labute approximate surface area is 108 Å². The fourth-order valence-corrected chi connectivity index (χ4v) is 1.97. The van der Waals surface area contributed by atoms with Crippen LogP contribution in [-0.2, 0) is 9.53 Å². The summed E-state index contributed by atoms with van der Waals surface area (Å²) < 4.78 is 4.68. The second kappa shape index (κ2) is 4.64. The quantitative estimate of drug-likeness (QED) is 0.643. The molecule has 19 heavy (non-hydrogen) atoms. The molecule has 1 N–H and O–H groups in total. The lowest BCUT2D eigenvalue weighted by Gasteiger charge is -2.05. The minimum atomic E-state index is -1.50. The van der Waals surface area contributed by atoms with Crippen molar-refractivity contribution in [1.29, 1.82) is 0 Å². The van der Waals surface area contributed by atoms with Crippen molar-refractivity contribution in [1.82, 2.24) is 0 Å². The molecule has 2 rings (SSSR count). The van der Waals surface area contributed by atoms with Gasteiger partial charge in [-0.15, -0.1) is 0 Å². The van der Waals surface area contributed by atoms with Gasteiger partial charge in [0.05, 0.1) is 12.2 Å². The SMILES string of the molecule is CCOC(=O)C1C(=O)c2ccc(C(=O)O)cc2C1=O. The van der Waals surface area contributed by atoms with E-state index in [9.17, 15) is 19.2 Å². The maximum Gasteiger partial charge on any atom is 0.335 e. The Morgan fingerprint density at radius 2 is 1.84 bits per heavy atom. The number of rotatable bonds is 3. The zero-order valence-corrected chi connectivity index (χ0v) is 10.0. The van der Waals surface area contributed by atoms with Crippen LogP contribution in [0.2, 0.25) is 0 Å². The molecule has 1 aromatic carbocycles.